The normalized spacial score (nSPS) is 21.6. The second kappa shape index (κ2) is 8.66. The lowest BCUT2D eigenvalue weighted by Crippen LogP contribution is -2.50. The van der Waals surface area contributed by atoms with E-state index in [1.807, 2.05) is 31.2 Å². The largest absolute Gasteiger partial charge is 0.365 e. The molecule has 9 nitrogen and oxygen atoms in total. The molecule has 2 amide bonds. The lowest BCUT2D eigenvalue weighted by molar-refractivity contribution is -0.110. The molecule has 0 aliphatic heterocycles. The van der Waals surface area contributed by atoms with Crippen molar-refractivity contribution >= 4 is 29.8 Å². The monoisotopic (exact) mass is 383 g/mol. The predicted octanol–water partition coefficient (Wildman–Crippen LogP) is 1.03. The molecule has 1 aromatic heterocycles. The third kappa shape index (κ3) is 4.74. The smallest absolute Gasteiger partial charge is 0.254 e. The van der Waals surface area contributed by atoms with Crippen molar-refractivity contribution < 1.29 is 9.59 Å². The highest BCUT2D eigenvalue weighted by Gasteiger charge is 2.28. The molecule has 0 spiro atoms. The molecule has 28 heavy (non-hydrogen) atoms. The first-order valence-corrected chi connectivity index (χ1v) is 9.18. The Labute approximate surface area is 163 Å². The van der Waals surface area contributed by atoms with Gasteiger partial charge in [0.1, 0.15) is 11.4 Å². The molecular formula is C19H25N7O2. The Morgan fingerprint density at radius 1 is 1.32 bits per heavy atom. The average molecular weight is 383 g/mol. The van der Waals surface area contributed by atoms with Crippen LogP contribution in [0.15, 0.2) is 30.5 Å². The number of carbonyl (C=O) groups is 2. The summed E-state index contributed by atoms with van der Waals surface area (Å²) < 4.78 is 0. The number of hydrogen-bond acceptors (Lipinski definition) is 7. The summed E-state index contributed by atoms with van der Waals surface area (Å²) in [7, 11) is 0. The van der Waals surface area contributed by atoms with Crippen LogP contribution in [-0.2, 0) is 4.79 Å². The van der Waals surface area contributed by atoms with Crippen LogP contribution in [0.1, 0.15) is 35.2 Å². The van der Waals surface area contributed by atoms with Crippen molar-refractivity contribution in [3.8, 4) is 0 Å². The molecule has 9 heteroatoms. The Hall–Kier alpha value is -3.20. The quantitative estimate of drug-likeness (QED) is 0.448. The number of nitrogens with two attached hydrogens (primary N) is 2. The molecule has 1 aliphatic carbocycles. The molecule has 3 rings (SSSR count). The molecule has 7 N–H and O–H groups in total. The molecule has 0 saturated heterocycles. The van der Waals surface area contributed by atoms with Crippen LogP contribution < -0.4 is 27.4 Å². The zero-order chi connectivity index (χ0) is 20.1. The van der Waals surface area contributed by atoms with Crippen LogP contribution in [0.3, 0.4) is 0 Å². The van der Waals surface area contributed by atoms with E-state index in [0.717, 1.165) is 24.1 Å². The van der Waals surface area contributed by atoms with E-state index in [1.165, 1.54) is 6.20 Å². The molecule has 1 aliphatic rings. The minimum absolute atomic E-state index is 0.0598. The third-order valence-corrected chi connectivity index (χ3v) is 4.86. The van der Waals surface area contributed by atoms with E-state index < -0.39 is 5.91 Å². The zero-order valence-electron chi connectivity index (χ0n) is 15.7. The van der Waals surface area contributed by atoms with Crippen LogP contribution in [0, 0.1) is 6.92 Å². The van der Waals surface area contributed by atoms with Crippen LogP contribution in [-0.4, -0.2) is 40.4 Å². The van der Waals surface area contributed by atoms with Gasteiger partial charge >= 0.3 is 0 Å². The van der Waals surface area contributed by atoms with E-state index in [0.29, 0.717) is 24.6 Å². The van der Waals surface area contributed by atoms with Gasteiger partial charge in [0, 0.05) is 30.0 Å². The molecule has 0 unspecified atom stereocenters. The van der Waals surface area contributed by atoms with Crippen molar-refractivity contribution in [2.75, 3.05) is 10.6 Å². The minimum atomic E-state index is -0.619. The van der Waals surface area contributed by atoms with Gasteiger partial charge in [0.05, 0.1) is 0 Å². The first-order chi connectivity index (χ1) is 13.5. The van der Waals surface area contributed by atoms with Crippen molar-refractivity contribution in [2.45, 2.75) is 44.3 Å². The highest BCUT2D eigenvalue weighted by molar-refractivity contribution is 5.98. The van der Waals surface area contributed by atoms with E-state index in [-0.39, 0.29) is 23.7 Å². The van der Waals surface area contributed by atoms with Gasteiger partial charge < -0.3 is 27.4 Å². The summed E-state index contributed by atoms with van der Waals surface area (Å²) in [5, 5.41) is 9.16. The third-order valence-electron chi connectivity index (χ3n) is 4.86. The summed E-state index contributed by atoms with van der Waals surface area (Å²) in [5.41, 5.74) is 13.7. The van der Waals surface area contributed by atoms with Crippen molar-refractivity contribution in [3.05, 3.63) is 41.6 Å². The number of aryl methyl sites for hydroxylation is 1. The van der Waals surface area contributed by atoms with E-state index in [9.17, 15) is 9.59 Å². The second-order valence-corrected chi connectivity index (χ2v) is 7.02. The maximum Gasteiger partial charge on any atom is 0.254 e. The van der Waals surface area contributed by atoms with Crippen molar-refractivity contribution in [1.29, 1.82) is 0 Å². The van der Waals surface area contributed by atoms with E-state index >= 15 is 0 Å². The molecule has 1 saturated carbocycles. The number of carbonyl (C=O) groups excluding carboxylic acids is 2. The van der Waals surface area contributed by atoms with Gasteiger partial charge in [-0.15, -0.1) is 0 Å². The number of nitrogens with one attached hydrogen (secondary N) is 3. The molecule has 148 valence electrons. The van der Waals surface area contributed by atoms with Gasteiger partial charge in [0.25, 0.3) is 5.91 Å². The van der Waals surface area contributed by atoms with Gasteiger partial charge in [-0.25, -0.2) is 4.98 Å². The van der Waals surface area contributed by atoms with E-state index in [1.54, 1.807) is 0 Å². The van der Waals surface area contributed by atoms with Gasteiger partial charge in [-0.05, 0) is 43.9 Å². The average Bonchev–Trinajstić information content (AvgIpc) is 2.65. The molecule has 0 radical (unpaired) electrons. The fraction of sp³-hybridized carbons (Fsp3) is 0.368. The zero-order valence-corrected chi connectivity index (χ0v) is 15.7. The Bertz CT molecular complexity index is 858. The Morgan fingerprint density at radius 3 is 2.86 bits per heavy atom. The van der Waals surface area contributed by atoms with Gasteiger partial charge in [0.2, 0.25) is 12.4 Å². The van der Waals surface area contributed by atoms with Gasteiger partial charge in [0.15, 0.2) is 0 Å². The predicted molar refractivity (Wildman–Crippen MR) is 107 cm³/mol. The molecular weight excluding hydrogens is 358 g/mol. The standard InChI is InChI=1S/C19H25N7O2/c1-11-3-2-4-13(7-11)24-18-14(17(21)28)9-22-19(26-18)25-16-8-12(23-10-27)5-6-15(16)20/h2-4,7,9-10,12,15-16H,5-6,8,20H2,1H3,(H2,21,28)(H,23,27)(H2,22,24,25,26)/t12-,15-,16+/m0/s1. The van der Waals surface area contributed by atoms with Crippen LogP contribution in [0.4, 0.5) is 17.5 Å². The number of anilines is 3. The highest BCUT2D eigenvalue weighted by atomic mass is 16.1. The van der Waals surface area contributed by atoms with Crippen molar-refractivity contribution in [1.82, 2.24) is 15.3 Å². The Balaban J connectivity index is 1.82. The number of amides is 2. The van der Waals surface area contributed by atoms with Crippen LogP contribution in [0.25, 0.3) is 0 Å². The lowest BCUT2D eigenvalue weighted by Gasteiger charge is -2.34. The SMILES string of the molecule is Cc1cccc(Nc2nc(N[C@@H]3C[C@@H](NC=O)CC[C@@H]3N)ncc2C(N)=O)c1. The molecule has 3 atom stereocenters. The summed E-state index contributed by atoms with van der Waals surface area (Å²) in [6.45, 7) is 1.97. The van der Waals surface area contributed by atoms with E-state index in [4.69, 9.17) is 11.5 Å². The van der Waals surface area contributed by atoms with Gasteiger partial charge in [-0.1, -0.05) is 12.1 Å². The van der Waals surface area contributed by atoms with Crippen LogP contribution >= 0.6 is 0 Å². The first kappa shape index (κ1) is 19.6. The molecule has 2 aromatic rings. The number of primary amides is 1. The summed E-state index contributed by atoms with van der Waals surface area (Å²) in [4.78, 5) is 31.1. The maximum atomic E-state index is 11.8. The van der Waals surface area contributed by atoms with Crippen LogP contribution in [0.5, 0.6) is 0 Å². The molecule has 1 aromatic carbocycles. The number of hydrogen-bond donors (Lipinski definition) is 5. The number of rotatable bonds is 7. The Kier molecular flexibility index (Phi) is 6.05. The Morgan fingerprint density at radius 2 is 2.14 bits per heavy atom. The molecule has 1 heterocycles. The minimum Gasteiger partial charge on any atom is -0.365 e. The van der Waals surface area contributed by atoms with E-state index in [2.05, 4.69) is 25.9 Å². The van der Waals surface area contributed by atoms with Crippen molar-refractivity contribution in [2.24, 2.45) is 11.5 Å². The highest BCUT2D eigenvalue weighted by Crippen LogP contribution is 2.23. The summed E-state index contributed by atoms with van der Waals surface area (Å²) in [6, 6.07) is 7.57. The fourth-order valence-corrected chi connectivity index (χ4v) is 3.36. The number of benzene rings is 1. The molecule has 1 fully saturated rings. The maximum absolute atomic E-state index is 11.8. The fourth-order valence-electron chi connectivity index (χ4n) is 3.36. The van der Waals surface area contributed by atoms with Gasteiger partial charge in [-0.3, -0.25) is 9.59 Å². The summed E-state index contributed by atoms with van der Waals surface area (Å²) in [5.74, 6) is 0.0428. The van der Waals surface area contributed by atoms with Crippen LogP contribution in [0.2, 0.25) is 0 Å². The summed E-state index contributed by atoms with van der Waals surface area (Å²) >= 11 is 0. The van der Waals surface area contributed by atoms with Gasteiger partial charge in [-0.2, -0.15) is 4.98 Å². The lowest BCUT2D eigenvalue weighted by atomic mass is 9.87. The number of aromatic nitrogens is 2. The summed E-state index contributed by atoms with van der Waals surface area (Å²) in [6.07, 6.45) is 4.38. The second-order valence-electron chi connectivity index (χ2n) is 7.02. The topological polar surface area (TPSA) is 148 Å². The molecule has 0 bridgehead atoms. The van der Waals surface area contributed by atoms with Crippen molar-refractivity contribution in [3.63, 3.8) is 0 Å². The first-order valence-electron chi connectivity index (χ1n) is 9.18. The number of nitrogens with zero attached hydrogens (tertiary/aromatic N) is 2.